The second-order valence-electron chi connectivity index (χ2n) is 7.08. The van der Waals surface area contributed by atoms with Gasteiger partial charge in [0, 0.05) is 32.0 Å². The molecule has 2 N–H and O–H groups in total. The van der Waals surface area contributed by atoms with Gasteiger partial charge in [0.25, 0.3) is 0 Å². The van der Waals surface area contributed by atoms with Crippen LogP contribution in [0.15, 0.2) is 42.9 Å². The maximum Gasteiger partial charge on any atom is 0.416 e. The Hall–Kier alpha value is -2.88. The van der Waals surface area contributed by atoms with E-state index >= 15 is 0 Å². The number of amides is 1. The van der Waals surface area contributed by atoms with Crippen molar-refractivity contribution in [1.82, 2.24) is 15.3 Å². The van der Waals surface area contributed by atoms with Crippen molar-refractivity contribution in [3.63, 3.8) is 0 Å². The average molecular weight is 424 g/mol. The number of halogens is 3. The van der Waals surface area contributed by atoms with Gasteiger partial charge < -0.3 is 20.1 Å². The SMILES string of the molecule is O=C(NCC(O)COc1cccc(C(F)(F)F)c1)C1CCCN(c2cnccn2)C1. The third-order valence-corrected chi connectivity index (χ3v) is 4.78. The number of anilines is 1. The monoisotopic (exact) mass is 424 g/mol. The molecule has 3 rings (SSSR count). The summed E-state index contributed by atoms with van der Waals surface area (Å²) in [6.45, 7) is 0.995. The van der Waals surface area contributed by atoms with Gasteiger partial charge in [-0.05, 0) is 31.0 Å². The minimum Gasteiger partial charge on any atom is -0.491 e. The predicted molar refractivity (Wildman–Crippen MR) is 103 cm³/mol. The molecule has 1 aliphatic rings. The molecule has 2 atom stereocenters. The molecular weight excluding hydrogens is 401 g/mol. The van der Waals surface area contributed by atoms with E-state index in [1.807, 2.05) is 4.90 Å². The number of aliphatic hydroxyl groups is 1. The van der Waals surface area contributed by atoms with Crippen LogP contribution in [-0.4, -0.2) is 53.3 Å². The molecule has 1 aromatic heterocycles. The zero-order valence-electron chi connectivity index (χ0n) is 16.2. The summed E-state index contributed by atoms with van der Waals surface area (Å²) in [4.78, 5) is 22.7. The van der Waals surface area contributed by atoms with E-state index in [-0.39, 0.29) is 30.7 Å². The zero-order chi connectivity index (χ0) is 21.6. The lowest BCUT2D eigenvalue weighted by Crippen LogP contribution is -2.45. The highest BCUT2D eigenvalue weighted by Gasteiger charge is 2.30. The van der Waals surface area contributed by atoms with Crippen molar-refractivity contribution in [3.8, 4) is 5.75 Å². The highest BCUT2D eigenvalue weighted by Crippen LogP contribution is 2.31. The fraction of sp³-hybridized carbons (Fsp3) is 0.450. The summed E-state index contributed by atoms with van der Waals surface area (Å²) in [6.07, 6.45) is 0.860. The first kappa shape index (κ1) is 21.8. The highest BCUT2D eigenvalue weighted by molar-refractivity contribution is 5.79. The fourth-order valence-electron chi connectivity index (χ4n) is 3.23. The van der Waals surface area contributed by atoms with Crippen LogP contribution in [0.2, 0.25) is 0 Å². The molecule has 1 aliphatic heterocycles. The first-order valence-electron chi connectivity index (χ1n) is 9.59. The van der Waals surface area contributed by atoms with Crippen molar-refractivity contribution in [2.75, 3.05) is 31.1 Å². The van der Waals surface area contributed by atoms with Crippen LogP contribution in [0.5, 0.6) is 5.75 Å². The number of hydrogen-bond donors (Lipinski definition) is 2. The Morgan fingerprint density at radius 2 is 2.20 bits per heavy atom. The van der Waals surface area contributed by atoms with E-state index in [0.717, 1.165) is 31.5 Å². The van der Waals surface area contributed by atoms with Gasteiger partial charge in [0.05, 0.1) is 17.7 Å². The van der Waals surface area contributed by atoms with Gasteiger partial charge in [0.15, 0.2) is 0 Å². The standard InChI is InChI=1S/C20H23F3N4O3/c21-20(22,23)15-4-1-5-17(9-15)30-13-16(28)10-26-19(29)14-3-2-8-27(12-14)18-11-24-6-7-25-18/h1,4-7,9,11,14,16,28H,2-3,8,10,12-13H2,(H,26,29). The third-order valence-electron chi connectivity index (χ3n) is 4.78. The van der Waals surface area contributed by atoms with Crippen LogP contribution in [0.25, 0.3) is 0 Å². The van der Waals surface area contributed by atoms with Gasteiger partial charge in [-0.3, -0.25) is 9.78 Å². The molecule has 10 heteroatoms. The largest absolute Gasteiger partial charge is 0.491 e. The molecule has 2 aromatic rings. The van der Waals surface area contributed by atoms with Gasteiger partial charge in [-0.1, -0.05) is 6.07 Å². The second kappa shape index (κ2) is 9.75. The van der Waals surface area contributed by atoms with Crippen molar-refractivity contribution >= 4 is 11.7 Å². The van der Waals surface area contributed by atoms with E-state index in [1.165, 1.54) is 12.1 Å². The molecule has 30 heavy (non-hydrogen) atoms. The molecule has 2 heterocycles. The third kappa shape index (κ3) is 6.06. The fourth-order valence-corrected chi connectivity index (χ4v) is 3.23. The highest BCUT2D eigenvalue weighted by atomic mass is 19.4. The Morgan fingerprint density at radius 1 is 1.37 bits per heavy atom. The minimum atomic E-state index is -4.47. The minimum absolute atomic E-state index is 0.00194. The molecule has 1 aromatic carbocycles. The molecule has 162 valence electrons. The van der Waals surface area contributed by atoms with Crippen molar-refractivity contribution in [1.29, 1.82) is 0 Å². The lowest BCUT2D eigenvalue weighted by atomic mass is 9.97. The maximum absolute atomic E-state index is 12.7. The van der Waals surface area contributed by atoms with Crippen LogP contribution in [-0.2, 0) is 11.0 Å². The molecule has 1 amide bonds. The molecule has 0 spiro atoms. The van der Waals surface area contributed by atoms with Gasteiger partial charge in [-0.2, -0.15) is 13.2 Å². The van der Waals surface area contributed by atoms with Crippen LogP contribution in [0.4, 0.5) is 19.0 Å². The smallest absolute Gasteiger partial charge is 0.416 e. The topological polar surface area (TPSA) is 87.6 Å². The number of carbonyl (C=O) groups excluding carboxylic acids is 1. The Bertz CT molecular complexity index is 836. The van der Waals surface area contributed by atoms with Crippen molar-refractivity contribution < 1.29 is 27.8 Å². The number of rotatable bonds is 7. The first-order chi connectivity index (χ1) is 14.3. The van der Waals surface area contributed by atoms with Crippen molar-refractivity contribution in [2.45, 2.75) is 25.1 Å². The van der Waals surface area contributed by atoms with Crippen LogP contribution < -0.4 is 15.0 Å². The molecule has 2 unspecified atom stereocenters. The van der Waals surface area contributed by atoms with Crippen LogP contribution in [0, 0.1) is 5.92 Å². The lowest BCUT2D eigenvalue weighted by Gasteiger charge is -2.32. The van der Waals surface area contributed by atoms with E-state index in [1.54, 1.807) is 18.6 Å². The van der Waals surface area contributed by atoms with Gasteiger partial charge in [-0.15, -0.1) is 0 Å². The number of alkyl halides is 3. The van der Waals surface area contributed by atoms with E-state index in [0.29, 0.717) is 12.4 Å². The summed E-state index contributed by atoms with van der Waals surface area (Å²) in [5.74, 6) is 0.269. The number of carbonyl (C=O) groups is 1. The number of benzene rings is 1. The summed E-state index contributed by atoms with van der Waals surface area (Å²) < 4.78 is 43.4. The molecule has 0 bridgehead atoms. The number of nitrogens with zero attached hydrogens (tertiary/aromatic N) is 3. The van der Waals surface area contributed by atoms with E-state index in [4.69, 9.17) is 4.74 Å². The molecule has 1 fully saturated rings. The normalized spacial score (nSPS) is 18.0. The Morgan fingerprint density at radius 3 is 2.93 bits per heavy atom. The summed E-state index contributed by atoms with van der Waals surface area (Å²) in [6, 6.07) is 4.42. The maximum atomic E-state index is 12.7. The Labute approximate surface area is 171 Å². The van der Waals surface area contributed by atoms with Crippen LogP contribution >= 0.6 is 0 Å². The molecule has 0 aliphatic carbocycles. The number of piperidine rings is 1. The number of nitrogens with one attached hydrogen (secondary N) is 1. The molecule has 0 radical (unpaired) electrons. The van der Waals surface area contributed by atoms with E-state index < -0.39 is 17.8 Å². The number of aliphatic hydroxyl groups excluding tert-OH is 1. The summed E-state index contributed by atoms with van der Waals surface area (Å²) >= 11 is 0. The molecular formula is C20H23F3N4O3. The van der Waals surface area contributed by atoms with Gasteiger partial charge >= 0.3 is 6.18 Å². The number of aromatic nitrogens is 2. The second-order valence-corrected chi connectivity index (χ2v) is 7.08. The Kier molecular flexibility index (Phi) is 7.09. The predicted octanol–water partition coefficient (Wildman–Crippen LogP) is 2.27. The molecule has 7 nitrogen and oxygen atoms in total. The van der Waals surface area contributed by atoms with Gasteiger partial charge in [0.2, 0.25) is 5.91 Å². The average Bonchev–Trinajstić information content (AvgIpc) is 2.76. The number of hydrogen-bond acceptors (Lipinski definition) is 6. The van der Waals surface area contributed by atoms with Gasteiger partial charge in [0.1, 0.15) is 24.3 Å². The van der Waals surface area contributed by atoms with E-state index in [2.05, 4.69) is 15.3 Å². The quantitative estimate of drug-likeness (QED) is 0.709. The van der Waals surface area contributed by atoms with E-state index in [9.17, 15) is 23.1 Å². The summed E-state index contributed by atoms with van der Waals surface area (Å²) in [7, 11) is 0. The number of ether oxygens (including phenoxy) is 1. The summed E-state index contributed by atoms with van der Waals surface area (Å²) in [5, 5.41) is 12.7. The van der Waals surface area contributed by atoms with Crippen molar-refractivity contribution in [3.05, 3.63) is 48.4 Å². The van der Waals surface area contributed by atoms with Crippen LogP contribution in [0.1, 0.15) is 18.4 Å². The van der Waals surface area contributed by atoms with Crippen molar-refractivity contribution in [2.24, 2.45) is 5.92 Å². The molecule has 0 saturated carbocycles. The Balaban J connectivity index is 1.44. The summed E-state index contributed by atoms with van der Waals surface area (Å²) in [5.41, 5.74) is -0.826. The zero-order valence-corrected chi connectivity index (χ0v) is 16.2. The van der Waals surface area contributed by atoms with Crippen LogP contribution in [0.3, 0.4) is 0 Å². The first-order valence-corrected chi connectivity index (χ1v) is 9.59. The lowest BCUT2D eigenvalue weighted by molar-refractivity contribution is -0.137. The van der Waals surface area contributed by atoms with Gasteiger partial charge in [-0.25, -0.2) is 4.98 Å². The molecule has 1 saturated heterocycles.